The van der Waals surface area contributed by atoms with Gasteiger partial charge >= 0.3 is 47.6 Å². The van der Waals surface area contributed by atoms with Crippen LogP contribution in [0.2, 0.25) is 0 Å². The predicted octanol–water partition coefficient (Wildman–Crippen LogP) is -5.03. The lowest BCUT2D eigenvalue weighted by atomic mass is 9.84. The number of rotatable bonds is 21. The van der Waals surface area contributed by atoms with Gasteiger partial charge in [-0.15, -0.1) is 0 Å². The molecule has 5 rings (SSSR count). The van der Waals surface area contributed by atoms with Crippen LogP contribution in [0.3, 0.4) is 0 Å². The average Bonchev–Trinajstić information content (AvgIpc) is 3.27. The van der Waals surface area contributed by atoms with Crippen LogP contribution < -0.4 is 5.48 Å². The van der Waals surface area contributed by atoms with Crippen LogP contribution in [0, 0.1) is 34.8 Å². The molecule has 73 heavy (non-hydrogen) atoms. The Balaban J connectivity index is 1.37. The van der Waals surface area contributed by atoms with E-state index >= 15 is 0 Å². The molecule has 38 heteroatoms. The second kappa shape index (κ2) is 24.5. The fraction of sp³-hybridized carbons (Fsp3) is 0.971. The molecule has 5 saturated heterocycles. The van der Waals surface area contributed by atoms with Crippen molar-refractivity contribution in [1.29, 1.82) is 0 Å². The maximum atomic E-state index is 12.6. The summed E-state index contributed by atoms with van der Waals surface area (Å²) in [7, 11) is -20.9. The fourth-order valence-corrected chi connectivity index (χ4v) is 10.2. The number of aliphatic hydroxyl groups excluding tert-OH is 5. The number of aliphatic hydroxyl groups is 5. The number of hydrogen-bond acceptors (Lipinski definition) is 29. The second-order valence-corrected chi connectivity index (χ2v) is 22.4. The van der Waals surface area contributed by atoms with Crippen molar-refractivity contribution >= 4 is 47.6 Å². The van der Waals surface area contributed by atoms with Gasteiger partial charge in [-0.05, 0) is 12.8 Å². The first kappa shape index (κ1) is 62.2. The van der Waals surface area contributed by atoms with E-state index in [1.165, 1.54) is 47.0 Å². The van der Waals surface area contributed by atoms with E-state index in [2.05, 4.69) is 12.5 Å². The third-order valence-corrected chi connectivity index (χ3v) is 14.9. The van der Waals surface area contributed by atoms with E-state index < -0.39 is 220 Å². The van der Waals surface area contributed by atoms with Gasteiger partial charge in [-0.25, -0.2) is 21.5 Å². The molecule has 0 aromatic rings. The van der Waals surface area contributed by atoms with Gasteiger partial charge in [0.1, 0.15) is 67.3 Å². The van der Waals surface area contributed by atoms with Crippen LogP contribution >= 0.6 is 0 Å². The molecular formula is C35H60NO33S4-. The first-order valence-corrected chi connectivity index (χ1v) is 27.4. The number of ether oxygens (including phenoxy) is 9. The van der Waals surface area contributed by atoms with E-state index in [0.717, 1.165) is 0 Å². The largest absolute Gasteiger partial charge is 0.786 e. The summed E-state index contributed by atoms with van der Waals surface area (Å²) in [5, 5.41) is 77.6. The Bertz CT molecular complexity index is 2300. The van der Waals surface area contributed by atoms with Crippen molar-refractivity contribution in [2.45, 2.75) is 164 Å². The van der Waals surface area contributed by atoms with Gasteiger partial charge in [0.25, 0.3) is 0 Å². The minimum Gasteiger partial charge on any atom is -0.786 e. The first-order valence-electron chi connectivity index (χ1n) is 21.9. The topological polar surface area (TPSA) is 511 Å². The van der Waals surface area contributed by atoms with Gasteiger partial charge < -0.3 is 84.0 Å². The highest BCUT2D eigenvalue weighted by Gasteiger charge is 2.57. The fourth-order valence-electron chi connectivity index (χ4n) is 8.76. The standard InChI is InChI=1S/C35H60NO33S4/c1-10-11(2)32(64-25-14(5)26(69-73(54,55)56)35(68-30(25)36-44)65-27-18(9-59-72(51,52)53)60-15(6)12(3)20(27)38)62-17(8-58-71(48,49)50)24(10)63-34-23(41)22(40)28(29(67-34)31(42)43)66-33-13(4)19(37)21(39)16(61-33)7-57-70(45,46)47/h10-30,32-41H,7-9H2,1-6H3,(H,42,43)(H,45,46,47)(H,48,49,50)(H,51,52,53)(H,54,55,56)/q-1/t10-,11?,12?,13?,14?,15-,16?,17?,18?,19-,20-,21-,22-,23?,24+,25+,26?,27-,28+,29?,30-,32-,33-,34-,35-/m1/s1. The third-order valence-electron chi connectivity index (χ3n) is 13.2. The number of aliphatic carboxylic acids is 1. The quantitative estimate of drug-likeness (QED) is 0.0379. The summed E-state index contributed by atoms with van der Waals surface area (Å²) in [4.78, 5) is 12.6. The summed E-state index contributed by atoms with van der Waals surface area (Å²) in [5.41, 5.74) is 1.54. The highest BCUT2D eigenvalue weighted by molar-refractivity contribution is 7.81. The Kier molecular flexibility index (Phi) is 20.9. The van der Waals surface area contributed by atoms with Gasteiger partial charge in [0.2, 0.25) is 0 Å². The summed E-state index contributed by atoms with van der Waals surface area (Å²) < 4.78 is 201. The summed E-state index contributed by atoms with van der Waals surface area (Å²) >= 11 is 0. The molecule has 0 aromatic heterocycles. The zero-order chi connectivity index (χ0) is 55.0. The Labute approximate surface area is 417 Å². The molecule has 5 heterocycles. The Morgan fingerprint density at radius 1 is 0.466 bits per heavy atom. The molecule has 5 aliphatic heterocycles. The molecule has 25 atom stereocenters. The van der Waals surface area contributed by atoms with Gasteiger partial charge in [0, 0.05) is 23.7 Å². The summed E-state index contributed by atoms with van der Waals surface area (Å²) in [6.07, 6.45) is -36.3. The molecule has 0 radical (unpaired) electrons. The SMILES string of the molecule is CC1[C@@H](O[C@H]2C(C)C(OS(=O)(=O)O)[C@H](O[C@@H]3C(COS(=O)(=O)O)O[C@H](C)C(C)[C@H]3O)O[C@H]2N[O-])OC(COS(=O)(=O)O)[C@@H](O[C@@H]2OC(C(=O)O)[C@@H](O[C@H]3OC(COS(=O)(=O)O)[C@@H](O)[C@H](O)C3C)[C@H](O)C2O)[C@@H]1C. The Hall–Kier alpha value is -1.69. The molecule has 0 amide bonds. The predicted molar refractivity (Wildman–Crippen MR) is 227 cm³/mol. The van der Waals surface area contributed by atoms with Crippen molar-refractivity contribution < 1.29 is 147 Å². The van der Waals surface area contributed by atoms with Crippen LogP contribution in [0.25, 0.3) is 0 Å². The zero-order valence-electron chi connectivity index (χ0n) is 39.0. The Morgan fingerprint density at radius 2 is 0.945 bits per heavy atom. The van der Waals surface area contributed by atoms with E-state index in [1.54, 1.807) is 0 Å². The smallest absolute Gasteiger partial charge is 0.397 e. The third kappa shape index (κ3) is 16.0. The molecular weight excluding hydrogens is 1090 g/mol. The number of carbonyl (C=O) groups is 1. The van der Waals surface area contributed by atoms with Gasteiger partial charge in [-0.2, -0.15) is 33.7 Å². The molecule has 0 aliphatic carbocycles. The highest BCUT2D eigenvalue weighted by Crippen LogP contribution is 2.41. The van der Waals surface area contributed by atoms with Gasteiger partial charge in [0.05, 0.1) is 44.2 Å². The highest BCUT2D eigenvalue weighted by atomic mass is 32.3. The molecule has 5 aliphatic rings. The van der Waals surface area contributed by atoms with E-state index in [4.69, 9.17) is 51.4 Å². The normalized spacial score (nSPS) is 44.4. The van der Waals surface area contributed by atoms with Crippen molar-refractivity contribution in [1.82, 2.24) is 5.48 Å². The lowest BCUT2D eigenvalue weighted by molar-refractivity contribution is -0.374. The van der Waals surface area contributed by atoms with Crippen molar-refractivity contribution in [3.63, 3.8) is 0 Å². The maximum Gasteiger partial charge on any atom is 0.397 e. The lowest BCUT2D eigenvalue weighted by Crippen LogP contribution is -2.66. The van der Waals surface area contributed by atoms with Crippen molar-refractivity contribution in [3.05, 3.63) is 5.21 Å². The molecule has 5 fully saturated rings. The molecule has 0 aromatic carbocycles. The van der Waals surface area contributed by atoms with E-state index in [-0.39, 0.29) is 0 Å². The van der Waals surface area contributed by atoms with Crippen LogP contribution in [0.4, 0.5) is 0 Å². The average molecular weight is 1150 g/mol. The molecule has 11 N–H and O–H groups in total. The molecule has 0 saturated carbocycles. The lowest BCUT2D eigenvalue weighted by Gasteiger charge is -2.51. The first-order chi connectivity index (χ1) is 33.5. The molecule has 0 bridgehead atoms. The van der Waals surface area contributed by atoms with Gasteiger partial charge in [0.15, 0.2) is 31.3 Å². The van der Waals surface area contributed by atoms with E-state index in [9.17, 15) is 88.0 Å². The van der Waals surface area contributed by atoms with Crippen molar-refractivity contribution in [2.24, 2.45) is 29.6 Å². The molecule has 34 nitrogen and oxygen atoms in total. The Morgan fingerprint density at radius 3 is 1.47 bits per heavy atom. The van der Waals surface area contributed by atoms with Crippen molar-refractivity contribution in [3.8, 4) is 0 Å². The molecule has 10 unspecified atom stereocenters. The zero-order valence-corrected chi connectivity index (χ0v) is 42.3. The minimum atomic E-state index is -5.44. The summed E-state index contributed by atoms with van der Waals surface area (Å²) in [5.74, 6) is -7.38. The number of hydrogen-bond donors (Lipinski definition) is 11. The van der Waals surface area contributed by atoms with Gasteiger partial charge in [-0.1, -0.05) is 34.6 Å². The van der Waals surface area contributed by atoms with Crippen LogP contribution in [0.15, 0.2) is 0 Å². The number of carboxylic acid groups (broad SMARTS) is 1. The van der Waals surface area contributed by atoms with E-state index in [0.29, 0.717) is 0 Å². The summed E-state index contributed by atoms with van der Waals surface area (Å²) in [6.45, 7) is 5.14. The number of nitrogens with one attached hydrogen (secondary N) is 1. The molecule has 428 valence electrons. The second-order valence-electron chi connectivity index (χ2n) is 18.0. The maximum absolute atomic E-state index is 12.6. The molecule has 0 spiro atoms. The number of hydroxylamine groups is 1. The van der Waals surface area contributed by atoms with Crippen LogP contribution in [-0.4, -0.2) is 231 Å². The van der Waals surface area contributed by atoms with Gasteiger partial charge in [-0.3, -0.25) is 18.2 Å². The van der Waals surface area contributed by atoms with Crippen LogP contribution in [0.5, 0.6) is 0 Å². The monoisotopic (exact) mass is 1150 g/mol. The van der Waals surface area contributed by atoms with Crippen LogP contribution in [0.1, 0.15) is 41.5 Å². The minimum absolute atomic E-state index is 0.766. The van der Waals surface area contributed by atoms with E-state index in [1.807, 2.05) is 0 Å². The van der Waals surface area contributed by atoms with Crippen molar-refractivity contribution in [2.75, 3.05) is 19.8 Å². The number of carboxylic acids is 1. The summed E-state index contributed by atoms with van der Waals surface area (Å²) in [6, 6.07) is 0. The van der Waals surface area contributed by atoms with Crippen LogP contribution in [-0.2, 0) is 106 Å².